The number of ether oxygens (including phenoxy) is 1. The maximum Gasteiger partial charge on any atom is 0.124 e. The first kappa shape index (κ1) is 11.3. The van der Waals surface area contributed by atoms with Crippen LogP contribution < -0.4 is 4.74 Å². The minimum absolute atomic E-state index is 0.376. The molecule has 0 saturated heterocycles. The Bertz CT molecular complexity index is 304. The van der Waals surface area contributed by atoms with Crippen molar-refractivity contribution in [3.8, 4) is 5.75 Å². The van der Waals surface area contributed by atoms with E-state index < -0.39 is 6.10 Å². The van der Waals surface area contributed by atoms with Crippen LogP contribution >= 0.6 is 12.6 Å². The predicted octanol–water partition coefficient (Wildman–Crippen LogP) is 2.19. The molecular weight excluding hydrogens is 203 g/mol. The Morgan fingerprint density at radius 1 is 1.57 bits per heavy atom. The molecule has 1 rings (SSSR count). The Kier molecular flexibility index (Phi) is 4.22. The third-order valence-electron chi connectivity index (χ3n) is 1.95. The molecule has 0 aliphatic carbocycles. The van der Waals surface area contributed by atoms with Crippen LogP contribution in [0.1, 0.15) is 18.1 Å². The van der Waals surface area contributed by atoms with Gasteiger partial charge in [-0.25, -0.2) is 4.39 Å². The fraction of sp³-hybridized carbons (Fsp3) is 0.400. The molecule has 78 valence electrons. The van der Waals surface area contributed by atoms with E-state index in [1.807, 2.05) is 0 Å². The highest BCUT2D eigenvalue weighted by atomic mass is 32.1. The molecule has 0 radical (unpaired) electrons. The van der Waals surface area contributed by atoms with Crippen LogP contribution in [0.15, 0.2) is 18.2 Å². The van der Waals surface area contributed by atoms with Gasteiger partial charge in [0.2, 0.25) is 0 Å². The van der Waals surface area contributed by atoms with E-state index in [0.29, 0.717) is 23.5 Å². The topological polar surface area (TPSA) is 29.5 Å². The molecule has 0 aliphatic heterocycles. The number of hydrogen-bond acceptors (Lipinski definition) is 3. The van der Waals surface area contributed by atoms with Crippen LogP contribution in [0.2, 0.25) is 0 Å². The molecule has 1 atom stereocenters. The van der Waals surface area contributed by atoms with Gasteiger partial charge in [-0.05, 0) is 30.4 Å². The zero-order valence-corrected chi connectivity index (χ0v) is 8.80. The quantitative estimate of drug-likeness (QED) is 0.755. The van der Waals surface area contributed by atoms with Crippen molar-refractivity contribution in [2.45, 2.75) is 12.5 Å². The van der Waals surface area contributed by atoms with Crippen molar-refractivity contribution in [1.29, 1.82) is 0 Å². The number of methoxy groups -OCH3 is 1. The Balaban J connectivity index is 2.97. The molecule has 0 aliphatic rings. The van der Waals surface area contributed by atoms with Crippen molar-refractivity contribution in [1.82, 2.24) is 0 Å². The average molecular weight is 216 g/mol. The van der Waals surface area contributed by atoms with Gasteiger partial charge in [0.25, 0.3) is 0 Å². The molecule has 4 heteroatoms. The number of halogens is 1. The lowest BCUT2D eigenvalue weighted by Gasteiger charge is -2.13. The van der Waals surface area contributed by atoms with Gasteiger partial charge in [-0.2, -0.15) is 12.6 Å². The van der Waals surface area contributed by atoms with E-state index in [-0.39, 0.29) is 5.82 Å². The van der Waals surface area contributed by atoms with Crippen molar-refractivity contribution < 1.29 is 14.2 Å². The minimum Gasteiger partial charge on any atom is -0.496 e. The van der Waals surface area contributed by atoms with Gasteiger partial charge in [0.1, 0.15) is 11.6 Å². The second-order valence-electron chi connectivity index (χ2n) is 2.91. The predicted molar refractivity (Wildman–Crippen MR) is 56.4 cm³/mol. The van der Waals surface area contributed by atoms with Crippen molar-refractivity contribution in [3.05, 3.63) is 29.6 Å². The number of rotatable bonds is 4. The van der Waals surface area contributed by atoms with Gasteiger partial charge in [0, 0.05) is 5.56 Å². The molecular formula is C10H13FO2S. The van der Waals surface area contributed by atoms with E-state index >= 15 is 0 Å². The fourth-order valence-corrected chi connectivity index (χ4v) is 1.49. The van der Waals surface area contributed by atoms with E-state index in [1.165, 1.54) is 25.3 Å². The summed E-state index contributed by atoms with van der Waals surface area (Å²) in [5.41, 5.74) is 0.474. The molecule has 1 aromatic carbocycles. The summed E-state index contributed by atoms with van der Waals surface area (Å²) in [6.45, 7) is 0. The van der Waals surface area contributed by atoms with Gasteiger partial charge in [-0.1, -0.05) is 0 Å². The molecule has 1 N–H and O–H groups in total. The Morgan fingerprint density at radius 3 is 2.86 bits per heavy atom. The van der Waals surface area contributed by atoms with Crippen LogP contribution in [0.25, 0.3) is 0 Å². The summed E-state index contributed by atoms with van der Waals surface area (Å²) in [5, 5.41) is 9.66. The maximum atomic E-state index is 12.9. The largest absolute Gasteiger partial charge is 0.496 e. The van der Waals surface area contributed by atoms with Crippen LogP contribution in [0.5, 0.6) is 5.75 Å². The Hall–Kier alpha value is -0.740. The third-order valence-corrected chi connectivity index (χ3v) is 2.21. The minimum atomic E-state index is -0.724. The number of benzene rings is 1. The first-order valence-electron chi connectivity index (χ1n) is 4.31. The van der Waals surface area contributed by atoms with Crippen LogP contribution in [0, 0.1) is 5.82 Å². The zero-order chi connectivity index (χ0) is 10.6. The van der Waals surface area contributed by atoms with Gasteiger partial charge in [-0.15, -0.1) is 0 Å². The van der Waals surface area contributed by atoms with E-state index in [1.54, 1.807) is 0 Å². The second-order valence-corrected chi connectivity index (χ2v) is 3.36. The van der Waals surface area contributed by atoms with Crippen LogP contribution in [-0.4, -0.2) is 18.0 Å². The van der Waals surface area contributed by atoms with Crippen molar-refractivity contribution in [2.75, 3.05) is 12.9 Å². The standard InChI is InChI=1S/C10H13FO2S/c1-13-10-3-2-7(11)6-8(10)9(12)4-5-14/h2-3,6,9,12,14H,4-5H2,1H3. The second kappa shape index (κ2) is 5.22. The van der Waals surface area contributed by atoms with Crippen molar-refractivity contribution >= 4 is 12.6 Å². The van der Waals surface area contributed by atoms with Crippen LogP contribution in [0.4, 0.5) is 4.39 Å². The number of aliphatic hydroxyl groups is 1. The Morgan fingerprint density at radius 2 is 2.29 bits per heavy atom. The average Bonchev–Trinajstić information content (AvgIpc) is 2.18. The first-order valence-corrected chi connectivity index (χ1v) is 4.94. The van der Waals surface area contributed by atoms with Gasteiger partial charge in [-0.3, -0.25) is 0 Å². The summed E-state index contributed by atoms with van der Waals surface area (Å²) < 4.78 is 17.9. The normalized spacial score (nSPS) is 12.6. The van der Waals surface area contributed by atoms with E-state index in [9.17, 15) is 9.50 Å². The molecule has 0 amide bonds. The molecule has 0 heterocycles. The van der Waals surface area contributed by atoms with Gasteiger partial charge in [0.15, 0.2) is 0 Å². The van der Waals surface area contributed by atoms with Gasteiger partial charge in [0.05, 0.1) is 13.2 Å². The molecule has 0 saturated carbocycles. The maximum absolute atomic E-state index is 12.9. The smallest absolute Gasteiger partial charge is 0.124 e. The molecule has 0 spiro atoms. The lowest BCUT2D eigenvalue weighted by atomic mass is 10.1. The molecule has 2 nitrogen and oxygen atoms in total. The molecule has 1 aromatic rings. The fourth-order valence-electron chi connectivity index (χ4n) is 1.24. The van der Waals surface area contributed by atoms with Crippen molar-refractivity contribution in [3.63, 3.8) is 0 Å². The molecule has 1 unspecified atom stereocenters. The van der Waals surface area contributed by atoms with Crippen LogP contribution in [0.3, 0.4) is 0 Å². The molecule has 14 heavy (non-hydrogen) atoms. The van der Waals surface area contributed by atoms with E-state index in [0.717, 1.165) is 0 Å². The summed E-state index contributed by atoms with van der Waals surface area (Å²) in [7, 11) is 1.49. The highest BCUT2D eigenvalue weighted by molar-refractivity contribution is 7.80. The lowest BCUT2D eigenvalue weighted by molar-refractivity contribution is 0.170. The van der Waals surface area contributed by atoms with Crippen LogP contribution in [-0.2, 0) is 0 Å². The van der Waals surface area contributed by atoms with Gasteiger partial charge >= 0.3 is 0 Å². The Labute approximate surface area is 88.1 Å². The highest BCUT2D eigenvalue weighted by Gasteiger charge is 2.13. The first-order chi connectivity index (χ1) is 6.69. The van der Waals surface area contributed by atoms with Crippen molar-refractivity contribution in [2.24, 2.45) is 0 Å². The summed E-state index contributed by atoms with van der Waals surface area (Å²) in [6.07, 6.45) is -0.249. The number of hydrogen-bond donors (Lipinski definition) is 2. The van der Waals surface area contributed by atoms with E-state index in [4.69, 9.17) is 4.74 Å². The lowest BCUT2D eigenvalue weighted by Crippen LogP contribution is -2.02. The number of thiol groups is 1. The third kappa shape index (κ3) is 2.62. The molecule has 0 bridgehead atoms. The van der Waals surface area contributed by atoms with Gasteiger partial charge < -0.3 is 9.84 Å². The highest BCUT2D eigenvalue weighted by Crippen LogP contribution is 2.27. The summed E-state index contributed by atoms with van der Waals surface area (Å²) in [5.74, 6) is 0.667. The number of aliphatic hydroxyl groups excluding tert-OH is 1. The SMILES string of the molecule is COc1ccc(F)cc1C(O)CCS. The summed E-state index contributed by atoms with van der Waals surface area (Å²) in [4.78, 5) is 0. The summed E-state index contributed by atoms with van der Waals surface area (Å²) >= 11 is 4.01. The zero-order valence-electron chi connectivity index (χ0n) is 7.90. The van der Waals surface area contributed by atoms with E-state index in [2.05, 4.69) is 12.6 Å². The molecule has 0 fully saturated rings. The molecule has 0 aromatic heterocycles. The summed E-state index contributed by atoms with van der Waals surface area (Å²) in [6, 6.07) is 4.09. The monoisotopic (exact) mass is 216 g/mol.